The molecule has 108 valence electrons. The number of nitrogens with one attached hydrogen (secondary N) is 2. The first kappa shape index (κ1) is 13.8. The van der Waals surface area contributed by atoms with Crippen LogP contribution in [0.4, 0.5) is 0 Å². The molecule has 2 aromatic rings. The lowest BCUT2D eigenvalue weighted by Crippen LogP contribution is -2.48. The van der Waals surface area contributed by atoms with E-state index in [0.29, 0.717) is 0 Å². The van der Waals surface area contributed by atoms with Gasteiger partial charge in [-0.05, 0) is 42.2 Å². The summed E-state index contributed by atoms with van der Waals surface area (Å²) in [5.41, 5.74) is 3.60. The van der Waals surface area contributed by atoms with E-state index < -0.39 is 0 Å². The summed E-state index contributed by atoms with van der Waals surface area (Å²) >= 11 is 0. The van der Waals surface area contributed by atoms with Crippen molar-refractivity contribution < 1.29 is 4.79 Å². The maximum atomic E-state index is 12.4. The quantitative estimate of drug-likeness (QED) is 0.904. The van der Waals surface area contributed by atoms with Crippen molar-refractivity contribution in [1.82, 2.24) is 15.6 Å². The molecule has 1 amide bonds. The molecule has 2 N–H and O–H groups in total. The van der Waals surface area contributed by atoms with E-state index in [0.717, 1.165) is 18.5 Å². The second-order valence-corrected chi connectivity index (χ2v) is 5.42. The van der Waals surface area contributed by atoms with Crippen LogP contribution in [0.15, 0.2) is 48.8 Å². The summed E-state index contributed by atoms with van der Waals surface area (Å²) in [6, 6.07) is 11.9. The van der Waals surface area contributed by atoms with Gasteiger partial charge in [0.1, 0.15) is 0 Å². The first-order valence-corrected chi connectivity index (χ1v) is 7.24. The number of carbonyl (C=O) groups excluding carboxylic acids is 1. The van der Waals surface area contributed by atoms with Crippen molar-refractivity contribution in [3.63, 3.8) is 0 Å². The lowest BCUT2D eigenvalue weighted by atomic mass is 9.95. The predicted molar refractivity (Wildman–Crippen MR) is 81.6 cm³/mol. The van der Waals surface area contributed by atoms with E-state index in [-0.39, 0.29) is 18.0 Å². The Balaban J connectivity index is 1.65. The van der Waals surface area contributed by atoms with Gasteiger partial charge in [0.25, 0.3) is 0 Å². The fourth-order valence-corrected chi connectivity index (χ4v) is 2.69. The van der Waals surface area contributed by atoms with Gasteiger partial charge in [-0.2, -0.15) is 0 Å². The Hall–Kier alpha value is -2.20. The first-order valence-electron chi connectivity index (χ1n) is 7.24. The molecule has 1 aromatic heterocycles. The van der Waals surface area contributed by atoms with Gasteiger partial charge in [0.2, 0.25) is 5.91 Å². The van der Waals surface area contributed by atoms with Gasteiger partial charge in [0, 0.05) is 18.9 Å². The average Bonchev–Trinajstić information content (AvgIpc) is 2.55. The Morgan fingerprint density at radius 3 is 2.71 bits per heavy atom. The molecule has 0 spiro atoms. The Bertz CT molecular complexity index is 627. The number of hydrogen-bond acceptors (Lipinski definition) is 3. The van der Waals surface area contributed by atoms with Crippen molar-refractivity contribution in [3.8, 4) is 0 Å². The van der Waals surface area contributed by atoms with Crippen molar-refractivity contribution in [1.29, 1.82) is 0 Å². The van der Waals surface area contributed by atoms with E-state index in [1.807, 2.05) is 31.2 Å². The highest BCUT2D eigenvalue weighted by Gasteiger charge is 2.24. The van der Waals surface area contributed by atoms with E-state index in [1.54, 1.807) is 12.4 Å². The summed E-state index contributed by atoms with van der Waals surface area (Å²) in [6.07, 6.45) is 4.23. The maximum Gasteiger partial charge on any atom is 0.237 e. The van der Waals surface area contributed by atoms with Crippen LogP contribution in [0.2, 0.25) is 0 Å². The molecule has 4 heteroatoms. The van der Waals surface area contributed by atoms with Crippen molar-refractivity contribution in [2.24, 2.45) is 0 Å². The van der Waals surface area contributed by atoms with Crippen molar-refractivity contribution >= 4 is 5.91 Å². The maximum absolute atomic E-state index is 12.4. The molecule has 4 nitrogen and oxygen atoms in total. The molecule has 0 saturated heterocycles. The Labute approximate surface area is 124 Å². The molecule has 1 aliphatic rings. The Morgan fingerprint density at radius 1 is 1.24 bits per heavy atom. The third-order valence-electron chi connectivity index (χ3n) is 3.96. The smallest absolute Gasteiger partial charge is 0.237 e. The molecule has 0 fully saturated rings. The first-order chi connectivity index (χ1) is 10.2. The van der Waals surface area contributed by atoms with Crippen molar-refractivity contribution in [3.05, 3.63) is 65.5 Å². The van der Waals surface area contributed by atoms with E-state index in [2.05, 4.69) is 27.8 Å². The van der Waals surface area contributed by atoms with E-state index in [9.17, 15) is 4.79 Å². The van der Waals surface area contributed by atoms with Gasteiger partial charge in [-0.1, -0.05) is 24.3 Å². The Kier molecular flexibility index (Phi) is 3.97. The SMILES string of the molecule is C[C@H](NC(=O)[C@H]1Cc2ccccc2CN1)c1ccncc1. The Morgan fingerprint density at radius 2 is 1.95 bits per heavy atom. The highest BCUT2D eigenvalue weighted by atomic mass is 16.2. The van der Waals surface area contributed by atoms with Crippen LogP contribution >= 0.6 is 0 Å². The summed E-state index contributed by atoms with van der Waals surface area (Å²) in [5.74, 6) is 0.0498. The van der Waals surface area contributed by atoms with Gasteiger partial charge < -0.3 is 10.6 Å². The number of aromatic nitrogens is 1. The lowest BCUT2D eigenvalue weighted by molar-refractivity contribution is -0.124. The summed E-state index contributed by atoms with van der Waals surface area (Å²) < 4.78 is 0. The minimum atomic E-state index is -0.163. The second-order valence-electron chi connectivity index (χ2n) is 5.42. The zero-order valence-electron chi connectivity index (χ0n) is 12.0. The fraction of sp³-hybridized carbons (Fsp3) is 0.294. The third-order valence-corrected chi connectivity index (χ3v) is 3.96. The molecule has 0 bridgehead atoms. The topological polar surface area (TPSA) is 54.0 Å². The van der Waals surface area contributed by atoms with Crippen molar-refractivity contribution in [2.75, 3.05) is 0 Å². The van der Waals surface area contributed by atoms with Crippen LogP contribution < -0.4 is 10.6 Å². The average molecular weight is 281 g/mol. The van der Waals surface area contributed by atoms with E-state index in [4.69, 9.17) is 0 Å². The largest absolute Gasteiger partial charge is 0.348 e. The van der Waals surface area contributed by atoms with Crippen LogP contribution in [0.5, 0.6) is 0 Å². The molecule has 0 saturated carbocycles. The minimum absolute atomic E-state index is 0.0144. The summed E-state index contributed by atoms with van der Waals surface area (Å²) in [4.78, 5) is 16.4. The molecule has 0 aliphatic carbocycles. The normalized spacial score (nSPS) is 18.6. The second kappa shape index (κ2) is 6.06. The van der Waals surface area contributed by atoms with E-state index in [1.165, 1.54) is 11.1 Å². The number of rotatable bonds is 3. The van der Waals surface area contributed by atoms with Crippen LogP contribution in [0.25, 0.3) is 0 Å². The minimum Gasteiger partial charge on any atom is -0.348 e. The molecule has 1 aliphatic heterocycles. The molecule has 3 rings (SSSR count). The highest BCUT2D eigenvalue weighted by Crippen LogP contribution is 2.17. The number of pyridine rings is 1. The molecule has 0 radical (unpaired) electrons. The van der Waals surface area contributed by atoms with Gasteiger partial charge in [-0.3, -0.25) is 9.78 Å². The van der Waals surface area contributed by atoms with Gasteiger partial charge in [-0.25, -0.2) is 0 Å². The van der Waals surface area contributed by atoms with Crippen LogP contribution in [0.3, 0.4) is 0 Å². The van der Waals surface area contributed by atoms with Crippen LogP contribution in [-0.4, -0.2) is 16.9 Å². The number of hydrogen-bond donors (Lipinski definition) is 2. The zero-order valence-corrected chi connectivity index (χ0v) is 12.0. The van der Waals surface area contributed by atoms with Gasteiger partial charge in [0.15, 0.2) is 0 Å². The van der Waals surface area contributed by atoms with Crippen molar-refractivity contribution in [2.45, 2.75) is 32.0 Å². The molecule has 2 atom stereocenters. The molecule has 1 aromatic carbocycles. The number of nitrogens with zero attached hydrogens (tertiary/aromatic N) is 1. The molecule has 2 heterocycles. The van der Waals surface area contributed by atoms with Gasteiger partial charge in [-0.15, -0.1) is 0 Å². The van der Waals surface area contributed by atoms with Crippen LogP contribution in [-0.2, 0) is 17.8 Å². The van der Waals surface area contributed by atoms with Gasteiger partial charge >= 0.3 is 0 Å². The predicted octanol–water partition coefficient (Wildman–Crippen LogP) is 1.97. The molecule has 21 heavy (non-hydrogen) atoms. The number of fused-ring (bicyclic) bond motifs is 1. The molecule has 0 unspecified atom stereocenters. The number of amides is 1. The van der Waals surface area contributed by atoms with Crippen LogP contribution in [0, 0.1) is 0 Å². The third kappa shape index (κ3) is 3.11. The summed E-state index contributed by atoms with van der Waals surface area (Å²) in [7, 11) is 0. The van der Waals surface area contributed by atoms with Crippen LogP contribution in [0.1, 0.15) is 29.7 Å². The summed E-state index contributed by atoms with van der Waals surface area (Å²) in [6.45, 7) is 2.74. The number of benzene rings is 1. The molecular formula is C17H19N3O. The molecular weight excluding hydrogens is 262 g/mol. The van der Waals surface area contributed by atoms with E-state index >= 15 is 0 Å². The van der Waals surface area contributed by atoms with Gasteiger partial charge in [0.05, 0.1) is 12.1 Å². The highest BCUT2D eigenvalue weighted by molar-refractivity contribution is 5.82. The lowest BCUT2D eigenvalue weighted by Gasteiger charge is -2.26. The summed E-state index contributed by atoms with van der Waals surface area (Å²) in [5, 5.41) is 6.37. The monoisotopic (exact) mass is 281 g/mol. The zero-order chi connectivity index (χ0) is 14.7. The fourth-order valence-electron chi connectivity index (χ4n) is 2.69. The standard InChI is InChI=1S/C17H19N3O/c1-12(13-6-8-18-9-7-13)20-17(21)16-10-14-4-2-3-5-15(14)11-19-16/h2-9,12,16,19H,10-11H2,1H3,(H,20,21)/t12-,16+/m0/s1. The number of carbonyl (C=O) groups is 1.